The first kappa shape index (κ1) is 11.6. The molecule has 2 aromatic heterocycles. The van der Waals surface area contributed by atoms with E-state index in [-0.39, 0.29) is 6.04 Å². The Bertz CT molecular complexity index is 476. The fourth-order valence-corrected chi connectivity index (χ4v) is 1.41. The number of hydrogen-bond acceptors (Lipinski definition) is 4. The average molecular weight is 232 g/mol. The third-order valence-corrected chi connectivity index (χ3v) is 2.44. The normalized spacial score (nSPS) is 12.4. The van der Waals surface area contributed by atoms with Crippen LogP contribution < -0.4 is 10.5 Å². The number of pyridine rings is 1. The molecule has 0 amide bonds. The lowest BCUT2D eigenvalue weighted by molar-refractivity contribution is 0.461. The van der Waals surface area contributed by atoms with E-state index in [4.69, 9.17) is 10.5 Å². The fourth-order valence-electron chi connectivity index (χ4n) is 1.41. The summed E-state index contributed by atoms with van der Waals surface area (Å²) in [5, 5.41) is 4.12. The second kappa shape index (κ2) is 4.97. The van der Waals surface area contributed by atoms with Gasteiger partial charge in [0.25, 0.3) is 0 Å². The highest BCUT2D eigenvalue weighted by Crippen LogP contribution is 2.19. The molecule has 5 nitrogen and oxygen atoms in total. The second-order valence-electron chi connectivity index (χ2n) is 3.85. The van der Waals surface area contributed by atoms with Crippen molar-refractivity contribution in [2.75, 3.05) is 0 Å². The van der Waals surface area contributed by atoms with Gasteiger partial charge in [0.2, 0.25) is 5.88 Å². The maximum Gasteiger partial charge on any atom is 0.219 e. The Morgan fingerprint density at radius 3 is 2.76 bits per heavy atom. The largest absolute Gasteiger partial charge is 0.436 e. The molecule has 0 aliphatic rings. The molecule has 0 spiro atoms. The fraction of sp³-hybridized carbons (Fsp3) is 0.333. The van der Waals surface area contributed by atoms with E-state index in [0.717, 1.165) is 12.1 Å². The molecule has 90 valence electrons. The molecule has 2 rings (SSSR count). The van der Waals surface area contributed by atoms with Crippen LogP contribution in [0.25, 0.3) is 0 Å². The maximum atomic E-state index is 5.74. The van der Waals surface area contributed by atoms with Gasteiger partial charge in [0.15, 0.2) is 5.75 Å². The van der Waals surface area contributed by atoms with Gasteiger partial charge in [0, 0.05) is 24.8 Å². The topological polar surface area (TPSA) is 66.0 Å². The quantitative estimate of drug-likeness (QED) is 0.876. The van der Waals surface area contributed by atoms with E-state index >= 15 is 0 Å². The zero-order valence-electron chi connectivity index (χ0n) is 10.00. The predicted molar refractivity (Wildman–Crippen MR) is 64.8 cm³/mol. The Morgan fingerprint density at radius 2 is 2.24 bits per heavy atom. The molecule has 17 heavy (non-hydrogen) atoms. The summed E-state index contributed by atoms with van der Waals surface area (Å²) in [4.78, 5) is 4.19. The minimum atomic E-state index is -0.0145. The highest BCUT2D eigenvalue weighted by Gasteiger charge is 2.03. The lowest BCUT2D eigenvalue weighted by atomic mass is 10.2. The molecule has 0 aliphatic carbocycles. The van der Waals surface area contributed by atoms with Crippen molar-refractivity contribution in [3.8, 4) is 11.6 Å². The van der Waals surface area contributed by atoms with E-state index in [0.29, 0.717) is 11.6 Å². The van der Waals surface area contributed by atoms with Crippen LogP contribution in [0.1, 0.15) is 25.5 Å². The number of hydrogen-bond donors (Lipinski definition) is 1. The molecule has 0 saturated carbocycles. The van der Waals surface area contributed by atoms with Crippen molar-refractivity contribution in [3.63, 3.8) is 0 Å². The molecule has 0 fully saturated rings. The minimum Gasteiger partial charge on any atom is -0.436 e. The highest BCUT2D eigenvalue weighted by molar-refractivity contribution is 5.24. The van der Waals surface area contributed by atoms with Crippen LogP contribution in [-0.4, -0.2) is 14.8 Å². The summed E-state index contributed by atoms with van der Waals surface area (Å²) in [7, 11) is 0. The third-order valence-electron chi connectivity index (χ3n) is 2.44. The Labute approximate surface area is 100 Å². The van der Waals surface area contributed by atoms with Crippen LogP contribution in [0.15, 0.2) is 30.7 Å². The third kappa shape index (κ3) is 2.82. The lowest BCUT2D eigenvalue weighted by Gasteiger charge is -2.06. The van der Waals surface area contributed by atoms with Gasteiger partial charge in [-0.15, -0.1) is 0 Å². The highest BCUT2D eigenvalue weighted by atomic mass is 16.5. The summed E-state index contributed by atoms with van der Waals surface area (Å²) in [6.45, 7) is 4.76. The molecule has 0 radical (unpaired) electrons. The molecule has 1 atom stereocenters. The van der Waals surface area contributed by atoms with Crippen molar-refractivity contribution < 1.29 is 4.74 Å². The summed E-state index contributed by atoms with van der Waals surface area (Å²) in [5.74, 6) is 1.23. The number of aryl methyl sites for hydroxylation is 1. The molecule has 2 aromatic rings. The Hall–Kier alpha value is -1.88. The van der Waals surface area contributed by atoms with Crippen LogP contribution >= 0.6 is 0 Å². The smallest absolute Gasteiger partial charge is 0.219 e. The number of nitrogens with two attached hydrogens (primary N) is 1. The maximum absolute atomic E-state index is 5.74. The molecule has 2 heterocycles. The Balaban J connectivity index is 2.08. The number of aromatic nitrogens is 3. The van der Waals surface area contributed by atoms with Crippen molar-refractivity contribution in [1.29, 1.82) is 0 Å². The standard InChI is InChI=1S/C12H16N4O/c1-3-16-8-11(7-15-16)17-12-5-4-10(6-14-12)9(2)13/h4-9H,3,13H2,1-2H3/t9-/m1/s1. The first-order valence-electron chi connectivity index (χ1n) is 5.61. The van der Waals surface area contributed by atoms with Crippen molar-refractivity contribution in [2.24, 2.45) is 5.73 Å². The monoisotopic (exact) mass is 232 g/mol. The molecule has 0 aliphatic heterocycles. The van der Waals surface area contributed by atoms with Gasteiger partial charge >= 0.3 is 0 Å². The first-order chi connectivity index (χ1) is 8.19. The van der Waals surface area contributed by atoms with Crippen LogP contribution in [0, 0.1) is 0 Å². The van der Waals surface area contributed by atoms with Crippen molar-refractivity contribution >= 4 is 0 Å². The molecule has 5 heteroatoms. The minimum absolute atomic E-state index is 0.0145. The molecular formula is C12H16N4O. The predicted octanol–water partition coefficient (Wildman–Crippen LogP) is 2.11. The van der Waals surface area contributed by atoms with Gasteiger partial charge in [-0.05, 0) is 19.4 Å². The van der Waals surface area contributed by atoms with Crippen molar-refractivity contribution in [3.05, 3.63) is 36.3 Å². The summed E-state index contributed by atoms with van der Waals surface area (Å²) in [6.07, 6.45) is 5.23. The summed E-state index contributed by atoms with van der Waals surface area (Å²) >= 11 is 0. The number of nitrogens with zero attached hydrogens (tertiary/aromatic N) is 3. The Morgan fingerprint density at radius 1 is 1.41 bits per heavy atom. The van der Waals surface area contributed by atoms with Crippen LogP contribution in [0.2, 0.25) is 0 Å². The van der Waals surface area contributed by atoms with E-state index in [9.17, 15) is 0 Å². The summed E-state index contributed by atoms with van der Waals surface area (Å²) < 4.78 is 7.36. The van der Waals surface area contributed by atoms with Crippen LogP contribution in [-0.2, 0) is 6.54 Å². The van der Waals surface area contributed by atoms with Crippen molar-refractivity contribution in [1.82, 2.24) is 14.8 Å². The van der Waals surface area contributed by atoms with Gasteiger partial charge in [0.1, 0.15) is 0 Å². The van der Waals surface area contributed by atoms with Gasteiger partial charge in [-0.25, -0.2) is 4.98 Å². The van der Waals surface area contributed by atoms with Gasteiger partial charge in [-0.2, -0.15) is 5.10 Å². The van der Waals surface area contributed by atoms with E-state index in [1.165, 1.54) is 0 Å². The summed E-state index contributed by atoms with van der Waals surface area (Å²) in [5.41, 5.74) is 6.73. The number of ether oxygens (including phenoxy) is 1. The van der Waals surface area contributed by atoms with Crippen molar-refractivity contribution in [2.45, 2.75) is 26.4 Å². The molecule has 2 N–H and O–H groups in total. The number of rotatable bonds is 4. The SMILES string of the molecule is CCn1cc(Oc2ccc([C@@H](C)N)cn2)cn1. The Kier molecular flexibility index (Phi) is 3.39. The second-order valence-corrected chi connectivity index (χ2v) is 3.85. The average Bonchev–Trinajstić information content (AvgIpc) is 2.77. The molecule has 0 saturated heterocycles. The molecular weight excluding hydrogens is 216 g/mol. The van der Waals surface area contributed by atoms with Gasteiger partial charge in [-0.1, -0.05) is 6.07 Å². The van der Waals surface area contributed by atoms with E-state index in [2.05, 4.69) is 10.1 Å². The van der Waals surface area contributed by atoms with E-state index in [1.807, 2.05) is 32.2 Å². The lowest BCUT2D eigenvalue weighted by Crippen LogP contribution is -2.05. The first-order valence-corrected chi connectivity index (χ1v) is 5.61. The van der Waals surface area contributed by atoms with Crippen LogP contribution in [0.4, 0.5) is 0 Å². The zero-order chi connectivity index (χ0) is 12.3. The van der Waals surface area contributed by atoms with Crippen LogP contribution in [0.5, 0.6) is 11.6 Å². The summed E-state index contributed by atoms with van der Waals surface area (Å²) in [6, 6.07) is 3.71. The van der Waals surface area contributed by atoms with Gasteiger partial charge in [-0.3, -0.25) is 4.68 Å². The van der Waals surface area contributed by atoms with E-state index < -0.39 is 0 Å². The van der Waals surface area contributed by atoms with E-state index in [1.54, 1.807) is 17.1 Å². The van der Waals surface area contributed by atoms with Gasteiger partial charge in [0.05, 0.1) is 12.4 Å². The van der Waals surface area contributed by atoms with Gasteiger partial charge < -0.3 is 10.5 Å². The van der Waals surface area contributed by atoms with Crippen LogP contribution in [0.3, 0.4) is 0 Å². The molecule has 0 unspecified atom stereocenters. The molecule has 0 aromatic carbocycles. The zero-order valence-corrected chi connectivity index (χ0v) is 10.00. The molecule has 0 bridgehead atoms.